The molecule has 0 aliphatic carbocycles. The number of anilines is 3. The molecule has 3 aromatic rings. The summed E-state index contributed by atoms with van der Waals surface area (Å²) in [6.07, 6.45) is 1.46. The van der Waals surface area contributed by atoms with Gasteiger partial charge in [0, 0.05) is 16.9 Å². The summed E-state index contributed by atoms with van der Waals surface area (Å²) in [5.74, 6) is 0.235. The molecule has 2 aromatic carbocycles. The molecule has 5 nitrogen and oxygen atoms in total. The number of aromatic nitrogens is 1. The van der Waals surface area contributed by atoms with Crippen molar-refractivity contribution in [2.75, 3.05) is 10.6 Å². The highest BCUT2D eigenvalue weighted by Crippen LogP contribution is 2.27. The lowest BCUT2D eigenvalue weighted by molar-refractivity contribution is 0.102. The van der Waals surface area contributed by atoms with Crippen LogP contribution in [0.3, 0.4) is 0 Å². The van der Waals surface area contributed by atoms with Crippen LogP contribution in [0.25, 0.3) is 0 Å². The minimum absolute atomic E-state index is 0.297. The molecule has 1 aromatic heterocycles. The van der Waals surface area contributed by atoms with E-state index in [1.165, 1.54) is 6.20 Å². The Bertz CT molecular complexity index is 980. The third kappa shape index (κ3) is 4.31. The Hall–Kier alpha value is -3.07. The van der Waals surface area contributed by atoms with Gasteiger partial charge in [-0.15, -0.1) is 0 Å². The standard InChI is InChI=1S/C19H12Cl2N4O/c20-14-4-7-16(21)17(9-14)25-18-8-3-13(11-23-18)19(26)24-15-5-1-12(10-22)2-6-15/h1-9,11H,(H,23,25)(H,24,26). The lowest BCUT2D eigenvalue weighted by atomic mass is 10.2. The van der Waals surface area contributed by atoms with Crippen molar-refractivity contribution in [3.8, 4) is 6.07 Å². The molecule has 26 heavy (non-hydrogen) atoms. The van der Waals surface area contributed by atoms with Crippen LogP contribution in [0.15, 0.2) is 60.8 Å². The number of nitrogens with zero attached hydrogens (tertiary/aromatic N) is 2. The lowest BCUT2D eigenvalue weighted by Crippen LogP contribution is -2.12. The summed E-state index contributed by atoms with van der Waals surface area (Å²) in [6, 6.07) is 17.0. The number of amides is 1. The van der Waals surface area contributed by atoms with Crippen LogP contribution in [-0.2, 0) is 0 Å². The molecule has 0 bridgehead atoms. The molecule has 0 radical (unpaired) electrons. The van der Waals surface area contributed by atoms with E-state index in [0.717, 1.165) is 0 Å². The molecule has 0 fully saturated rings. The number of hydrogen-bond acceptors (Lipinski definition) is 4. The smallest absolute Gasteiger partial charge is 0.257 e. The van der Waals surface area contributed by atoms with Gasteiger partial charge in [0.05, 0.1) is 27.9 Å². The zero-order valence-electron chi connectivity index (χ0n) is 13.3. The summed E-state index contributed by atoms with van der Waals surface area (Å²) in [4.78, 5) is 16.5. The average Bonchev–Trinajstić information content (AvgIpc) is 2.66. The molecule has 0 saturated carbocycles. The first kappa shape index (κ1) is 17.7. The van der Waals surface area contributed by atoms with Gasteiger partial charge in [0.25, 0.3) is 5.91 Å². The summed E-state index contributed by atoms with van der Waals surface area (Å²) in [7, 11) is 0. The molecule has 1 heterocycles. The van der Waals surface area contributed by atoms with Crippen LogP contribution in [0.1, 0.15) is 15.9 Å². The van der Waals surface area contributed by atoms with Crippen molar-refractivity contribution in [2.24, 2.45) is 0 Å². The van der Waals surface area contributed by atoms with Crippen molar-refractivity contribution in [3.63, 3.8) is 0 Å². The van der Waals surface area contributed by atoms with Gasteiger partial charge >= 0.3 is 0 Å². The second kappa shape index (κ2) is 7.87. The maximum absolute atomic E-state index is 12.3. The Morgan fingerprint density at radius 2 is 1.81 bits per heavy atom. The van der Waals surface area contributed by atoms with Crippen LogP contribution in [-0.4, -0.2) is 10.9 Å². The van der Waals surface area contributed by atoms with Crippen LogP contribution in [0.5, 0.6) is 0 Å². The van der Waals surface area contributed by atoms with Crippen molar-refractivity contribution >= 4 is 46.3 Å². The molecule has 0 aliphatic rings. The highest BCUT2D eigenvalue weighted by Gasteiger charge is 2.08. The fraction of sp³-hybridized carbons (Fsp3) is 0. The van der Waals surface area contributed by atoms with E-state index >= 15 is 0 Å². The van der Waals surface area contributed by atoms with Gasteiger partial charge in [-0.25, -0.2) is 4.98 Å². The fourth-order valence-corrected chi connectivity index (χ4v) is 2.50. The van der Waals surface area contributed by atoms with Gasteiger partial charge in [0.1, 0.15) is 5.82 Å². The second-order valence-corrected chi connectivity index (χ2v) is 6.17. The molecule has 128 valence electrons. The highest BCUT2D eigenvalue weighted by molar-refractivity contribution is 6.35. The normalized spacial score (nSPS) is 10.0. The Labute approximate surface area is 160 Å². The van der Waals surface area contributed by atoms with Gasteiger partial charge in [-0.2, -0.15) is 5.26 Å². The van der Waals surface area contributed by atoms with E-state index in [1.54, 1.807) is 54.6 Å². The maximum Gasteiger partial charge on any atom is 0.257 e. The van der Waals surface area contributed by atoms with Crippen molar-refractivity contribution in [2.45, 2.75) is 0 Å². The van der Waals surface area contributed by atoms with E-state index in [1.807, 2.05) is 6.07 Å². The van der Waals surface area contributed by atoms with E-state index in [4.69, 9.17) is 28.5 Å². The molecular weight excluding hydrogens is 371 g/mol. The van der Waals surface area contributed by atoms with Gasteiger partial charge in [0.2, 0.25) is 0 Å². The number of hydrogen-bond donors (Lipinski definition) is 2. The van der Waals surface area contributed by atoms with Crippen molar-refractivity contribution in [1.82, 2.24) is 4.98 Å². The molecular formula is C19H12Cl2N4O. The Balaban J connectivity index is 1.69. The minimum atomic E-state index is -0.297. The van der Waals surface area contributed by atoms with Gasteiger partial charge in [-0.05, 0) is 54.6 Å². The monoisotopic (exact) mass is 382 g/mol. The Morgan fingerprint density at radius 3 is 2.46 bits per heavy atom. The fourth-order valence-electron chi connectivity index (χ4n) is 2.16. The minimum Gasteiger partial charge on any atom is -0.339 e. The van der Waals surface area contributed by atoms with Crippen LogP contribution in [0.4, 0.5) is 17.2 Å². The number of carbonyl (C=O) groups excluding carboxylic acids is 1. The van der Waals surface area contributed by atoms with Gasteiger partial charge in [-0.3, -0.25) is 4.79 Å². The quantitative estimate of drug-likeness (QED) is 0.645. The van der Waals surface area contributed by atoms with Crippen molar-refractivity contribution in [3.05, 3.63) is 82.0 Å². The number of carbonyl (C=O) groups is 1. The summed E-state index contributed by atoms with van der Waals surface area (Å²) in [5, 5.41) is 15.6. The second-order valence-electron chi connectivity index (χ2n) is 5.32. The Morgan fingerprint density at radius 1 is 1.04 bits per heavy atom. The predicted molar refractivity (Wildman–Crippen MR) is 103 cm³/mol. The average molecular weight is 383 g/mol. The molecule has 0 saturated heterocycles. The van der Waals surface area contributed by atoms with Crippen LogP contribution in [0.2, 0.25) is 10.0 Å². The summed E-state index contributed by atoms with van der Waals surface area (Å²) in [6.45, 7) is 0. The molecule has 0 unspecified atom stereocenters. The molecule has 2 N–H and O–H groups in total. The summed E-state index contributed by atoms with van der Waals surface area (Å²) < 4.78 is 0. The Kier molecular flexibility index (Phi) is 5.37. The van der Waals surface area contributed by atoms with Crippen molar-refractivity contribution in [1.29, 1.82) is 5.26 Å². The van der Waals surface area contributed by atoms with Gasteiger partial charge < -0.3 is 10.6 Å². The zero-order valence-corrected chi connectivity index (χ0v) is 14.8. The molecule has 0 atom stereocenters. The first-order valence-electron chi connectivity index (χ1n) is 7.55. The highest BCUT2D eigenvalue weighted by atomic mass is 35.5. The number of nitriles is 1. The molecule has 3 rings (SSSR count). The van der Waals surface area contributed by atoms with E-state index in [2.05, 4.69) is 15.6 Å². The molecule has 0 aliphatic heterocycles. The number of benzene rings is 2. The van der Waals surface area contributed by atoms with Crippen LogP contribution < -0.4 is 10.6 Å². The predicted octanol–water partition coefficient (Wildman–Crippen LogP) is 5.26. The van der Waals surface area contributed by atoms with E-state index in [-0.39, 0.29) is 5.91 Å². The molecule has 1 amide bonds. The third-order valence-corrected chi connectivity index (χ3v) is 4.05. The van der Waals surface area contributed by atoms with Crippen molar-refractivity contribution < 1.29 is 4.79 Å². The van der Waals surface area contributed by atoms with E-state index in [0.29, 0.717) is 38.4 Å². The van der Waals surface area contributed by atoms with Gasteiger partial charge in [-0.1, -0.05) is 23.2 Å². The number of halogens is 2. The third-order valence-electron chi connectivity index (χ3n) is 3.49. The van der Waals surface area contributed by atoms with E-state index < -0.39 is 0 Å². The summed E-state index contributed by atoms with van der Waals surface area (Å²) in [5.41, 5.74) is 2.15. The number of nitrogens with one attached hydrogen (secondary N) is 2. The van der Waals surface area contributed by atoms with Gasteiger partial charge in [0.15, 0.2) is 0 Å². The zero-order chi connectivity index (χ0) is 18.5. The SMILES string of the molecule is N#Cc1ccc(NC(=O)c2ccc(Nc3cc(Cl)ccc3Cl)nc2)cc1. The maximum atomic E-state index is 12.3. The first-order chi connectivity index (χ1) is 12.5. The molecule has 7 heteroatoms. The summed E-state index contributed by atoms with van der Waals surface area (Å²) >= 11 is 12.1. The van der Waals surface area contributed by atoms with E-state index in [9.17, 15) is 4.79 Å². The topological polar surface area (TPSA) is 77.8 Å². The number of rotatable bonds is 4. The molecule has 0 spiro atoms. The van der Waals surface area contributed by atoms with Crippen LogP contribution in [0, 0.1) is 11.3 Å². The van der Waals surface area contributed by atoms with Crippen LogP contribution >= 0.6 is 23.2 Å². The lowest BCUT2D eigenvalue weighted by Gasteiger charge is -2.09. The number of pyridine rings is 1. The largest absolute Gasteiger partial charge is 0.339 e. The first-order valence-corrected chi connectivity index (χ1v) is 8.30.